The lowest BCUT2D eigenvalue weighted by atomic mass is 9.88. The topological polar surface area (TPSA) is 166 Å². The van der Waals surface area contributed by atoms with E-state index < -0.39 is 61.1 Å². The number of methoxy groups -OCH3 is 1. The van der Waals surface area contributed by atoms with Crippen molar-refractivity contribution in [2.45, 2.75) is 49.6 Å². The molecule has 10 nitrogen and oxygen atoms in total. The van der Waals surface area contributed by atoms with Crippen molar-refractivity contribution in [2.24, 2.45) is 0 Å². The van der Waals surface area contributed by atoms with Gasteiger partial charge >= 0.3 is 5.97 Å². The maximum atomic E-state index is 11.3. The summed E-state index contributed by atoms with van der Waals surface area (Å²) in [5.41, 5.74) is 0. The summed E-state index contributed by atoms with van der Waals surface area (Å²) in [4.78, 5) is 22.6. The van der Waals surface area contributed by atoms with E-state index in [1.165, 1.54) is 0 Å². The van der Waals surface area contributed by atoms with Gasteiger partial charge in [-0.3, -0.25) is 4.79 Å². The van der Waals surface area contributed by atoms with Crippen molar-refractivity contribution in [3.8, 4) is 0 Å². The maximum Gasteiger partial charge on any atom is 0.364 e. The number of nitrogens with one attached hydrogen (secondary N) is 1. The fraction of sp³-hybridized carbons (Fsp3) is 0.833. The normalized spacial score (nSPS) is 34.7. The first-order valence-corrected chi connectivity index (χ1v) is 6.57. The van der Waals surface area contributed by atoms with Crippen LogP contribution in [0.2, 0.25) is 0 Å². The largest absolute Gasteiger partial charge is 0.477 e. The minimum absolute atomic E-state index is 0.498. The number of amides is 1. The zero-order valence-corrected chi connectivity index (χ0v) is 12.2. The summed E-state index contributed by atoms with van der Waals surface area (Å²) in [6.45, 7) is 0.338. The first-order chi connectivity index (χ1) is 10.2. The lowest BCUT2D eigenvalue weighted by Gasteiger charge is -2.46. The van der Waals surface area contributed by atoms with Gasteiger partial charge in [0.2, 0.25) is 5.91 Å². The molecule has 6 atom stereocenters. The van der Waals surface area contributed by atoms with Crippen molar-refractivity contribution in [1.82, 2.24) is 5.32 Å². The first kappa shape index (κ1) is 18.7. The highest BCUT2D eigenvalue weighted by Gasteiger charge is 2.55. The molecule has 6 N–H and O–H groups in total. The molecule has 22 heavy (non-hydrogen) atoms. The minimum atomic E-state index is -2.24. The number of carbonyl (C=O) groups is 2. The van der Waals surface area contributed by atoms with Crippen molar-refractivity contribution < 1.29 is 44.6 Å². The van der Waals surface area contributed by atoms with E-state index in [-0.39, 0.29) is 0 Å². The molecule has 0 saturated carbocycles. The molecular formula is C12H21NO9. The summed E-state index contributed by atoms with van der Waals surface area (Å²) < 4.78 is 10.0. The number of ether oxygens (including phenoxy) is 2. The number of carboxylic acid groups (broad SMARTS) is 1. The molecule has 128 valence electrons. The van der Waals surface area contributed by atoms with Crippen LogP contribution in [0, 0.1) is 0 Å². The van der Waals surface area contributed by atoms with Gasteiger partial charge in [0.1, 0.15) is 18.3 Å². The smallest absolute Gasteiger partial charge is 0.364 e. The third-order valence-corrected chi connectivity index (χ3v) is 3.52. The number of carbonyl (C=O) groups excluding carboxylic acids is 1. The Kier molecular flexibility index (Phi) is 6.23. The average Bonchev–Trinajstić information content (AvgIpc) is 2.46. The average molecular weight is 323 g/mol. The van der Waals surface area contributed by atoms with Crippen LogP contribution in [-0.4, -0.2) is 87.4 Å². The molecule has 10 heteroatoms. The van der Waals surface area contributed by atoms with Gasteiger partial charge in [-0.05, 0) is 0 Å². The molecule has 1 heterocycles. The second kappa shape index (κ2) is 7.31. The number of rotatable bonds is 6. The van der Waals surface area contributed by atoms with Crippen LogP contribution in [0.15, 0.2) is 0 Å². The number of aliphatic hydroxyl groups excluding tert-OH is 4. The summed E-state index contributed by atoms with van der Waals surface area (Å²) in [7, 11) is 1.05. The van der Waals surface area contributed by atoms with Gasteiger partial charge in [-0.2, -0.15) is 0 Å². The molecule has 0 spiro atoms. The zero-order valence-electron chi connectivity index (χ0n) is 12.2. The Bertz CT molecular complexity index is 417. The molecule has 0 aromatic heterocycles. The summed E-state index contributed by atoms with van der Waals surface area (Å²) in [5.74, 6) is -4.33. The molecule has 1 rings (SSSR count). The van der Waals surface area contributed by atoms with E-state index in [0.29, 0.717) is 0 Å². The molecular weight excluding hydrogens is 302 g/mol. The third kappa shape index (κ3) is 3.72. The molecule has 0 unspecified atom stereocenters. The fourth-order valence-electron chi connectivity index (χ4n) is 2.34. The molecule has 0 aromatic rings. The highest BCUT2D eigenvalue weighted by molar-refractivity contribution is 5.76. The van der Waals surface area contributed by atoms with E-state index in [1.54, 1.807) is 0 Å². The van der Waals surface area contributed by atoms with Gasteiger partial charge in [0.25, 0.3) is 5.79 Å². The van der Waals surface area contributed by atoms with Gasteiger partial charge in [-0.1, -0.05) is 0 Å². The number of hydrogen-bond acceptors (Lipinski definition) is 8. The summed E-state index contributed by atoms with van der Waals surface area (Å²) >= 11 is 0. The number of aliphatic hydroxyl groups is 4. The summed E-state index contributed by atoms with van der Waals surface area (Å²) in [6, 6.07) is -1.18. The molecule has 1 fully saturated rings. The van der Waals surface area contributed by atoms with Crippen LogP contribution >= 0.6 is 0 Å². The van der Waals surface area contributed by atoms with E-state index in [9.17, 15) is 30.0 Å². The van der Waals surface area contributed by atoms with Gasteiger partial charge in [-0.15, -0.1) is 0 Å². The Morgan fingerprint density at radius 2 is 2.05 bits per heavy atom. The van der Waals surface area contributed by atoms with Crippen LogP contribution in [0.3, 0.4) is 0 Å². The van der Waals surface area contributed by atoms with Crippen molar-refractivity contribution in [2.75, 3.05) is 13.7 Å². The van der Waals surface area contributed by atoms with Gasteiger partial charge < -0.3 is 40.3 Å². The van der Waals surface area contributed by atoms with E-state index in [1.807, 2.05) is 0 Å². The van der Waals surface area contributed by atoms with Crippen LogP contribution in [-0.2, 0) is 19.1 Å². The molecule has 1 aliphatic heterocycles. The Morgan fingerprint density at radius 1 is 1.45 bits per heavy atom. The SMILES string of the molecule is CO[C@]1(C(=O)O)C[C@H](O)[C@@H](NC(C)=O)[C@H]([C@H](O)[C@@H](O)CO)O1. The first-order valence-electron chi connectivity index (χ1n) is 6.57. The Hall–Kier alpha value is -1.30. The number of hydrogen-bond donors (Lipinski definition) is 6. The quantitative estimate of drug-likeness (QED) is 0.295. The third-order valence-electron chi connectivity index (χ3n) is 3.52. The lowest BCUT2D eigenvalue weighted by molar-refractivity contribution is -0.303. The monoisotopic (exact) mass is 323 g/mol. The molecule has 0 radical (unpaired) electrons. The molecule has 1 amide bonds. The Labute approximate surface area is 126 Å². The van der Waals surface area contributed by atoms with Crippen LogP contribution in [0.5, 0.6) is 0 Å². The maximum absolute atomic E-state index is 11.3. The van der Waals surface area contributed by atoms with E-state index in [4.69, 9.17) is 14.6 Å². The van der Waals surface area contributed by atoms with E-state index >= 15 is 0 Å². The minimum Gasteiger partial charge on any atom is -0.477 e. The Balaban J connectivity index is 3.14. The highest BCUT2D eigenvalue weighted by atomic mass is 16.7. The molecule has 1 aliphatic rings. The lowest BCUT2D eigenvalue weighted by Crippen LogP contribution is -2.67. The van der Waals surface area contributed by atoms with Crippen molar-refractivity contribution in [3.63, 3.8) is 0 Å². The second-order valence-electron chi connectivity index (χ2n) is 5.08. The standard InChI is InChI=1S/C12H21NO9/c1-5(15)13-8-6(16)3-12(21-2,11(19)20)22-10(8)9(18)7(17)4-14/h6-10,14,16-18H,3-4H2,1-2H3,(H,13,15)(H,19,20)/t6-,7-,8+,9+,10+,12+/m0/s1. The predicted molar refractivity (Wildman–Crippen MR) is 69.6 cm³/mol. The van der Waals surface area contributed by atoms with Crippen molar-refractivity contribution >= 4 is 11.9 Å². The summed E-state index contributed by atoms with van der Waals surface area (Å²) in [5, 5.41) is 50.1. The van der Waals surface area contributed by atoms with Crippen molar-refractivity contribution in [3.05, 3.63) is 0 Å². The van der Waals surface area contributed by atoms with Gasteiger partial charge in [0, 0.05) is 20.5 Å². The van der Waals surface area contributed by atoms with Crippen LogP contribution < -0.4 is 5.32 Å². The molecule has 0 aromatic carbocycles. The van der Waals surface area contributed by atoms with Gasteiger partial charge in [0.05, 0.1) is 18.8 Å². The van der Waals surface area contributed by atoms with Crippen LogP contribution in [0.4, 0.5) is 0 Å². The highest BCUT2D eigenvalue weighted by Crippen LogP contribution is 2.32. The second-order valence-corrected chi connectivity index (χ2v) is 5.08. The molecule has 1 saturated heterocycles. The van der Waals surface area contributed by atoms with Crippen LogP contribution in [0.25, 0.3) is 0 Å². The Morgan fingerprint density at radius 3 is 2.45 bits per heavy atom. The molecule has 0 bridgehead atoms. The number of carboxylic acids is 1. The van der Waals surface area contributed by atoms with Gasteiger partial charge in [-0.25, -0.2) is 4.79 Å². The summed E-state index contributed by atoms with van der Waals surface area (Å²) in [6.07, 6.45) is -6.84. The predicted octanol–water partition coefficient (Wildman–Crippen LogP) is -3.22. The zero-order chi connectivity index (χ0) is 17.1. The van der Waals surface area contributed by atoms with E-state index in [2.05, 4.69) is 5.32 Å². The molecule has 0 aliphatic carbocycles. The van der Waals surface area contributed by atoms with E-state index in [0.717, 1.165) is 14.0 Å². The van der Waals surface area contributed by atoms with Crippen molar-refractivity contribution in [1.29, 1.82) is 0 Å². The number of aliphatic carboxylic acids is 1. The fourth-order valence-corrected chi connectivity index (χ4v) is 2.34. The van der Waals surface area contributed by atoms with Crippen LogP contribution in [0.1, 0.15) is 13.3 Å². The van der Waals surface area contributed by atoms with Gasteiger partial charge in [0.15, 0.2) is 0 Å².